The third-order valence-electron chi connectivity index (χ3n) is 9.46. The summed E-state index contributed by atoms with van der Waals surface area (Å²) in [7, 11) is 0. The largest absolute Gasteiger partial charge is 0.482 e. The first-order valence-corrected chi connectivity index (χ1v) is 19.0. The number of pyridine rings is 1. The lowest BCUT2D eigenvalue weighted by atomic mass is 9.97. The standard InChI is InChI=1S/C37H44Cl2FN7O9/c1-22(32-27(38)3-4-28(40)33(32)39)55-29-18-23(19-43-34(29)41)24-20-44-47(21-24)25-6-10-46(11-7-25)37(50)42-9-13-51-14-15-52-16-17-53-31-8-12-54-36(56-31)26-2-5-30(48)45-35(26)49/h3-4,8,12,18-22,25-26,31,36H,2,5-7,9-11,13-17H2,1H3,(H2,41,43)(H,42,50)(H,45,48,49)/t22-,26?,31?,36?/m1/s1. The lowest BCUT2D eigenvalue weighted by Crippen LogP contribution is -2.48. The van der Waals surface area contributed by atoms with Gasteiger partial charge in [0.25, 0.3) is 0 Å². The van der Waals surface area contributed by atoms with Gasteiger partial charge in [-0.15, -0.1) is 0 Å². The molecule has 3 aliphatic heterocycles. The lowest BCUT2D eigenvalue weighted by molar-refractivity contribution is -0.244. The summed E-state index contributed by atoms with van der Waals surface area (Å²) >= 11 is 12.5. The third-order valence-corrected chi connectivity index (χ3v) is 10.2. The molecule has 19 heteroatoms. The molecule has 4 amide bonds. The van der Waals surface area contributed by atoms with Gasteiger partial charge in [0.05, 0.1) is 56.6 Å². The van der Waals surface area contributed by atoms with Gasteiger partial charge in [-0.25, -0.2) is 14.2 Å². The maximum absolute atomic E-state index is 14.1. The highest BCUT2D eigenvalue weighted by Gasteiger charge is 2.37. The average molecular weight is 821 g/mol. The highest BCUT2D eigenvalue weighted by Crippen LogP contribution is 2.37. The minimum Gasteiger partial charge on any atom is -0.482 e. The highest BCUT2D eigenvalue weighted by atomic mass is 35.5. The number of carbonyl (C=O) groups is 3. The number of hydrogen-bond donors (Lipinski definition) is 3. The number of halogens is 3. The van der Waals surface area contributed by atoms with Gasteiger partial charge in [0.1, 0.15) is 17.8 Å². The fraction of sp³-hybridized carbons (Fsp3) is 0.486. The van der Waals surface area contributed by atoms with Crippen LogP contribution in [0.2, 0.25) is 10.0 Å². The van der Waals surface area contributed by atoms with E-state index >= 15 is 0 Å². The lowest BCUT2D eigenvalue weighted by Gasteiger charge is -2.32. The smallest absolute Gasteiger partial charge is 0.317 e. The highest BCUT2D eigenvalue weighted by molar-refractivity contribution is 6.36. The number of benzene rings is 1. The number of anilines is 1. The molecule has 2 fully saturated rings. The number of likely N-dealkylation sites (tertiary alicyclic amines) is 1. The Balaban J connectivity index is 0.837. The van der Waals surface area contributed by atoms with Crippen LogP contribution in [0.3, 0.4) is 0 Å². The van der Waals surface area contributed by atoms with Crippen molar-refractivity contribution >= 4 is 46.9 Å². The number of rotatable bonds is 16. The second-order valence-corrected chi connectivity index (χ2v) is 14.1. The summed E-state index contributed by atoms with van der Waals surface area (Å²) in [5.74, 6) is -1.46. The summed E-state index contributed by atoms with van der Waals surface area (Å²) in [6, 6.07) is 4.31. The molecule has 16 nitrogen and oxygen atoms in total. The van der Waals surface area contributed by atoms with E-state index in [9.17, 15) is 18.8 Å². The molecule has 3 unspecified atom stereocenters. The molecule has 0 saturated carbocycles. The first-order chi connectivity index (χ1) is 27.1. The van der Waals surface area contributed by atoms with E-state index in [0.717, 1.165) is 24.0 Å². The fourth-order valence-electron chi connectivity index (χ4n) is 6.43. The number of piperidine rings is 2. The Labute approximate surface area is 332 Å². The van der Waals surface area contributed by atoms with Crippen LogP contribution in [0.4, 0.5) is 15.0 Å². The maximum Gasteiger partial charge on any atom is 0.317 e. The van der Waals surface area contributed by atoms with E-state index in [0.29, 0.717) is 63.8 Å². The van der Waals surface area contributed by atoms with Crippen molar-refractivity contribution in [3.63, 3.8) is 0 Å². The molecule has 5 heterocycles. The quantitative estimate of drug-likeness (QED) is 0.102. The van der Waals surface area contributed by atoms with E-state index in [4.69, 9.17) is 57.4 Å². The zero-order valence-corrected chi connectivity index (χ0v) is 32.2. The molecule has 0 radical (unpaired) electrons. The molecule has 2 saturated heterocycles. The normalized spacial score (nSPS) is 20.7. The molecule has 4 atom stereocenters. The van der Waals surface area contributed by atoms with Crippen LogP contribution in [0.5, 0.6) is 5.75 Å². The van der Waals surface area contributed by atoms with E-state index < -0.39 is 36.3 Å². The number of carbonyl (C=O) groups excluding carboxylic acids is 3. The van der Waals surface area contributed by atoms with Crippen molar-refractivity contribution in [2.75, 3.05) is 58.4 Å². The van der Waals surface area contributed by atoms with E-state index in [1.54, 1.807) is 36.4 Å². The summed E-state index contributed by atoms with van der Waals surface area (Å²) in [6.45, 7) is 4.75. The number of nitrogens with two attached hydrogens (primary N) is 1. The van der Waals surface area contributed by atoms with Crippen LogP contribution < -0.4 is 21.1 Å². The number of imide groups is 1. The van der Waals surface area contributed by atoms with Gasteiger partial charge in [-0.2, -0.15) is 5.10 Å². The van der Waals surface area contributed by atoms with Crippen LogP contribution in [0.25, 0.3) is 11.1 Å². The number of hydrogen-bond acceptors (Lipinski definition) is 12. The molecule has 56 heavy (non-hydrogen) atoms. The van der Waals surface area contributed by atoms with Gasteiger partial charge in [0.2, 0.25) is 18.1 Å². The van der Waals surface area contributed by atoms with Crippen LogP contribution in [0, 0.1) is 11.7 Å². The first kappa shape index (κ1) is 41.1. The zero-order chi connectivity index (χ0) is 39.6. The molecule has 3 aliphatic rings. The Bertz CT molecular complexity index is 1880. The summed E-state index contributed by atoms with van der Waals surface area (Å²) in [5.41, 5.74) is 7.95. The maximum atomic E-state index is 14.1. The molecule has 0 spiro atoms. The Morgan fingerprint density at radius 3 is 2.64 bits per heavy atom. The molecule has 3 aromatic rings. The number of ether oxygens (including phenoxy) is 6. The van der Waals surface area contributed by atoms with Gasteiger partial charge in [-0.1, -0.05) is 23.2 Å². The summed E-state index contributed by atoms with van der Waals surface area (Å²) in [4.78, 5) is 42.3. The number of nitrogens with one attached hydrogen (secondary N) is 2. The summed E-state index contributed by atoms with van der Waals surface area (Å²) < 4.78 is 49.9. The van der Waals surface area contributed by atoms with Gasteiger partial charge < -0.3 is 44.4 Å². The summed E-state index contributed by atoms with van der Waals surface area (Å²) in [5, 5.41) is 9.93. The van der Waals surface area contributed by atoms with Crippen LogP contribution >= 0.6 is 23.2 Å². The van der Waals surface area contributed by atoms with Crippen molar-refractivity contribution in [1.82, 2.24) is 30.3 Å². The first-order valence-electron chi connectivity index (χ1n) is 18.3. The monoisotopic (exact) mass is 819 g/mol. The third kappa shape index (κ3) is 10.7. The fourth-order valence-corrected chi connectivity index (χ4v) is 7.11. The van der Waals surface area contributed by atoms with E-state index in [-0.39, 0.29) is 46.9 Å². The van der Waals surface area contributed by atoms with Crippen molar-refractivity contribution in [1.29, 1.82) is 0 Å². The van der Waals surface area contributed by atoms with Gasteiger partial charge in [0.15, 0.2) is 17.9 Å². The number of nitrogens with zero attached hydrogens (tertiary/aromatic N) is 4. The predicted molar refractivity (Wildman–Crippen MR) is 201 cm³/mol. The molecule has 2 aromatic heterocycles. The predicted octanol–water partition coefficient (Wildman–Crippen LogP) is 4.78. The number of amides is 4. The molecule has 0 aliphatic carbocycles. The molecule has 6 rings (SSSR count). The molecular weight excluding hydrogens is 776 g/mol. The van der Waals surface area contributed by atoms with Crippen molar-refractivity contribution in [3.8, 4) is 16.9 Å². The second-order valence-electron chi connectivity index (χ2n) is 13.3. The van der Waals surface area contributed by atoms with E-state index in [2.05, 4.69) is 20.7 Å². The van der Waals surface area contributed by atoms with Crippen LogP contribution in [0.1, 0.15) is 50.3 Å². The molecular formula is C37H44Cl2FN7O9. The Morgan fingerprint density at radius 2 is 1.86 bits per heavy atom. The SMILES string of the molecule is C[C@@H](Oc1cc(-c2cnn(C3CCN(C(=O)NCCOCCOCCOC4C=COC(C5CCC(=O)NC5=O)O4)CC3)c2)cnc1N)c1c(Cl)ccc(F)c1Cl. The number of nitrogen functional groups attached to an aromatic ring is 1. The molecule has 1 aromatic carbocycles. The average Bonchev–Trinajstić information content (AvgIpc) is 3.69. The molecule has 302 valence electrons. The zero-order valence-electron chi connectivity index (χ0n) is 30.7. The second kappa shape index (κ2) is 19.6. The minimum absolute atomic E-state index is 0.103. The van der Waals surface area contributed by atoms with Crippen LogP contribution in [-0.2, 0) is 33.3 Å². The topological polar surface area (TPSA) is 191 Å². The van der Waals surface area contributed by atoms with Crippen molar-refractivity contribution in [2.45, 2.75) is 57.3 Å². The van der Waals surface area contributed by atoms with Gasteiger partial charge in [-0.3, -0.25) is 19.6 Å². The van der Waals surface area contributed by atoms with Crippen molar-refractivity contribution < 1.29 is 47.2 Å². The molecule has 0 bridgehead atoms. The van der Waals surface area contributed by atoms with Gasteiger partial charge >= 0.3 is 6.03 Å². The van der Waals surface area contributed by atoms with Crippen LogP contribution in [0.15, 0.2) is 49.1 Å². The van der Waals surface area contributed by atoms with Crippen molar-refractivity contribution in [3.05, 3.63) is 70.6 Å². The Morgan fingerprint density at radius 1 is 1.09 bits per heavy atom. The molecule has 4 N–H and O–H groups in total. The van der Waals surface area contributed by atoms with Gasteiger partial charge in [0, 0.05) is 66.2 Å². The van der Waals surface area contributed by atoms with Gasteiger partial charge in [-0.05, 0) is 44.4 Å². The number of aromatic nitrogens is 3. The minimum atomic E-state index is -0.831. The summed E-state index contributed by atoms with van der Waals surface area (Å²) in [6.07, 6.45) is 8.10. The van der Waals surface area contributed by atoms with Crippen LogP contribution in [-0.4, -0.2) is 103 Å². The Kier molecular flexibility index (Phi) is 14.4. The van der Waals surface area contributed by atoms with E-state index in [1.165, 1.54) is 18.4 Å². The van der Waals surface area contributed by atoms with Crippen molar-refractivity contribution in [2.24, 2.45) is 5.92 Å². The van der Waals surface area contributed by atoms with E-state index in [1.807, 2.05) is 10.9 Å². The number of urea groups is 1. The Hall–Kier alpha value is -4.52.